The molecule has 2 aromatic rings. The summed E-state index contributed by atoms with van der Waals surface area (Å²) in [6.45, 7) is 0.555. The van der Waals surface area contributed by atoms with Crippen LogP contribution in [0.15, 0.2) is 42.5 Å². The minimum atomic E-state index is -3.31. The third-order valence-electron chi connectivity index (χ3n) is 2.67. The van der Waals surface area contributed by atoms with Gasteiger partial charge in [0.15, 0.2) is 0 Å². The maximum Gasteiger partial charge on any atom is 0.229 e. The molecule has 0 saturated heterocycles. The van der Waals surface area contributed by atoms with Gasteiger partial charge in [-0.15, -0.1) is 0 Å². The van der Waals surface area contributed by atoms with Gasteiger partial charge in [-0.1, -0.05) is 35.3 Å². The second-order valence-electron chi connectivity index (χ2n) is 4.55. The predicted molar refractivity (Wildman–Crippen MR) is 88.7 cm³/mol. The van der Waals surface area contributed by atoms with Gasteiger partial charge in [-0.25, -0.2) is 8.42 Å². The molecule has 0 aromatic heterocycles. The van der Waals surface area contributed by atoms with Crippen molar-refractivity contribution in [3.8, 4) is 0 Å². The smallest absolute Gasteiger partial charge is 0.229 e. The van der Waals surface area contributed by atoms with Crippen molar-refractivity contribution in [2.75, 3.05) is 16.3 Å². The Bertz CT molecular complexity index is 731. The Balaban J connectivity index is 2.12. The van der Waals surface area contributed by atoms with Gasteiger partial charge in [0, 0.05) is 11.6 Å². The molecule has 0 radical (unpaired) electrons. The highest BCUT2D eigenvalue weighted by Crippen LogP contribution is 2.26. The van der Waals surface area contributed by atoms with Crippen molar-refractivity contribution in [1.82, 2.24) is 0 Å². The van der Waals surface area contributed by atoms with Crippen LogP contribution in [0.25, 0.3) is 0 Å². The highest BCUT2D eigenvalue weighted by atomic mass is 35.5. The molecule has 2 rings (SSSR count). The quantitative estimate of drug-likeness (QED) is 0.862. The number of sulfonamides is 1. The fourth-order valence-corrected chi connectivity index (χ4v) is 2.60. The standard InChI is InChI=1S/C14H14Cl2N2O2S/c1-21(19,20)18-12-6-7-13(16)14(8-12)17-9-10-2-4-11(15)5-3-10/h2-8,17-18H,9H2,1H3. The van der Waals surface area contributed by atoms with Crippen LogP contribution in [0.3, 0.4) is 0 Å². The first kappa shape index (κ1) is 15.9. The SMILES string of the molecule is CS(=O)(=O)Nc1ccc(Cl)c(NCc2ccc(Cl)cc2)c1. The molecule has 0 spiro atoms. The molecule has 0 aliphatic heterocycles. The normalized spacial score (nSPS) is 11.2. The minimum absolute atomic E-state index is 0.459. The van der Waals surface area contributed by atoms with Crippen molar-refractivity contribution < 1.29 is 8.42 Å². The Labute approximate surface area is 134 Å². The van der Waals surface area contributed by atoms with Crippen molar-refractivity contribution in [2.24, 2.45) is 0 Å². The lowest BCUT2D eigenvalue weighted by molar-refractivity contribution is 0.607. The summed E-state index contributed by atoms with van der Waals surface area (Å²) in [6, 6.07) is 12.3. The molecule has 0 aliphatic rings. The lowest BCUT2D eigenvalue weighted by Gasteiger charge is -2.11. The van der Waals surface area contributed by atoms with E-state index in [1.54, 1.807) is 18.2 Å². The monoisotopic (exact) mass is 344 g/mol. The van der Waals surface area contributed by atoms with Crippen LogP contribution in [0.5, 0.6) is 0 Å². The van der Waals surface area contributed by atoms with Crippen LogP contribution in [0.4, 0.5) is 11.4 Å². The molecule has 2 N–H and O–H groups in total. The zero-order valence-corrected chi connectivity index (χ0v) is 13.6. The zero-order chi connectivity index (χ0) is 15.5. The molecular weight excluding hydrogens is 331 g/mol. The maximum atomic E-state index is 11.2. The molecule has 0 amide bonds. The van der Waals surface area contributed by atoms with Gasteiger partial charge in [0.05, 0.1) is 22.7 Å². The molecule has 0 atom stereocenters. The largest absolute Gasteiger partial charge is 0.380 e. The van der Waals surface area contributed by atoms with E-state index < -0.39 is 10.0 Å². The van der Waals surface area contributed by atoms with Gasteiger partial charge >= 0.3 is 0 Å². The molecule has 7 heteroatoms. The first-order chi connectivity index (χ1) is 9.83. The summed E-state index contributed by atoms with van der Waals surface area (Å²) in [4.78, 5) is 0. The summed E-state index contributed by atoms with van der Waals surface area (Å²) in [5, 5.41) is 4.36. The second-order valence-corrected chi connectivity index (χ2v) is 7.14. The highest BCUT2D eigenvalue weighted by Gasteiger charge is 2.06. The molecule has 0 unspecified atom stereocenters. The van der Waals surface area contributed by atoms with Crippen LogP contribution in [0, 0.1) is 0 Å². The molecule has 0 fully saturated rings. The topological polar surface area (TPSA) is 58.2 Å². The van der Waals surface area contributed by atoms with Crippen LogP contribution in [-0.2, 0) is 16.6 Å². The van der Waals surface area contributed by atoms with E-state index >= 15 is 0 Å². The third-order valence-corrected chi connectivity index (χ3v) is 3.85. The fraction of sp³-hybridized carbons (Fsp3) is 0.143. The average Bonchev–Trinajstić information content (AvgIpc) is 2.39. The number of anilines is 2. The average molecular weight is 345 g/mol. The van der Waals surface area contributed by atoms with E-state index in [1.807, 2.05) is 24.3 Å². The van der Waals surface area contributed by atoms with Gasteiger partial charge in [0.2, 0.25) is 10.0 Å². The van der Waals surface area contributed by atoms with Gasteiger partial charge in [-0.2, -0.15) is 0 Å². The molecule has 0 aliphatic carbocycles. The van der Waals surface area contributed by atoms with Crippen molar-refractivity contribution >= 4 is 44.6 Å². The van der Waals surface area contributed by atoms with Crippen LogP contribution >= 0.6 is 23.2 Å². The molecule has 0 heterocycles. The van der Waals surface area contributed by atoms with Crippen molar-refractivity contribution in [3.05, 3.63) is 58.1 Å². The Kier molecular flexibility index (Phi) is 4.98. The summed E-state index contributed by atoms with van der Waals surface area (Å²) in [5.74, 6) is 0. The van der Waals surface area contributed by atoms with E-state index in [4.69, 9.17) is 23.2 Å². The number of nitrogens with one attached hydrogen (secondary N) is 2. The number of hydrogen-bond acceptors (Lipinski definition) is 3. The van der Waals surface area contributed by atoms with Gasteiger partial charge in [-0.05, 0) is 35.9 Å². The number of halogens is 2. The molecule has 0 saturated carbocycles. The Morgan fingerprint density at radius 3 is 2.33 bits per heavy atom. The second kappa shape index (κ2) is 6.56. The van der Waals surface area contributed by atoms with Gasteiger partial charge in [0.25, 0.3) is 0 Å². The Hall–Kier alpha value is -1.43. The van der Waals surface area contributed by atoms with Crippen molar-refractivity contribution in [1.29, 1.82) is 0 Å². The van der Waals surface area contributed by atoms with Crippen LogP contribution < -0.4 is 10.0 Å². The fourth-order valence-electron chi connectivity index (χ4n) is 1.74. The third kappa shape index (κ3) is 5.12. The van der Waals surface area contributed by atoms with E-state index in [-0.39, 0.29) is 0 Å². The molecule has 4 nitrogen and oxygen atoms in total. The van der Waals surface area contributed by atoms with Crippen LogP contribution in [0.2, 0.25) is 10.0 Å². The van der Waals surface area contributed by atoms with E-state index in [9.17, 15) is 8.42 Å². The van der Waals surface area contributed by atoms with Gasteiger partial charge in [-0.3, -0.25) is 4.72 Å². The Morgan fingerprint density at radius 1 is 1.05 bits per heavy atom. The molecule has 21 heavy (non-hydrogen) atoms. The molecule has 112 valence electrons. The first-order valence-electron chi connectivity index (χ1n) is 6.09. The zero-order valence-electron chi connectivity index (χ0n) is 11.2. The molecular formula is C14H14Cl2N2O2S. The number of rotatable bonds is 5. The lowest BCUT2D eigenvalue weighted by atomic mass is 10.2. The number of benzene rings is 2. The van der Waals surface area contributed by atoms with E-state index in [0.717, 1.165) is 11.8 Å². The minimum Gasteiger partial charge on any atom is -0.380 e. The maximum absolute atomic E-state index is 11.2. The number of hydrogen-bond donors (Lipinski definition) is 2. The van der Waals surface area contributed by atoms with Crippen molar-refractivity contribution in [2.45, 2.75) is 6.54 Å². The van der Waals surface area contributed by atoms with Gasteiger partial charge in [0.1, 0.15) is 0 Å². The van der Waals surface area contributed by atoms with Crippen molar-refractivity contribution in [3.63, 3.8) is 0 Å². The van der Waals surface area contributed by atoms with E-state index in [0.29, 0.717) is 28.0 Å². The Morgan fingerprint density at radius 2 is 1.71 bits per heavy atom. The summed E-state index contributed by atoms with van der Waals surface area (Å²) in [6.07, 6.45) is 1.10. The predicted octanol–water partition coefficient (Wildman–Crippen LogP) is 3.98. The molecule has 2 aromatic carbocycles. The van der Waals surface area contributed by atoms with Crippen LogP contribution in [0.1, 0.15) is 5.56 Å². The van der Waals surface area contributed by atoms with Crippen LogP contribution in [-0.4, -0.2) is 14.7 Å². The molecule has 0 bridgehead atoms. The lowest BCUT2D eigenvalue weighted by Crippen LogP contribution is -2.10. The summed E-state index contributed by atoms with van der Waals surface area (Å²) in [5.41, 5.74) is 2.15. The summed E-state index contributed by atoms with van der Waals surface area (Å²) < 4.78 is 24.9. The summed E-state index contributed by atoms with van der Waals surface area (Å²) in [7, 11) is -3.31. The van der Waals surface area contributed by atoms with E-state index in [2.05, 4.69) is 10.0 Å². The van der Waals surface area contributed by atoms with Gasteiger partial charge < -0.3 is 5.32 Å². The van der Waals surface area contributed by atoms with E-state index in [1.165, 1.54) is 0 Å². The first-order valence-corrected chi connectivity index (χ1v) is 8.74. The highest BCUT2D eigenvalue weighted by molar-refractivity contribution is 7.92. The summed E-state index contributed by atoms with van der Waals surface area (Å²) >= 11 is 11.9.